The van der Waals surface area contributed by atoms with Crippen LogP contribution in [0.4, 0.5) is 5.69 Å². The predicted octanol–water partition coefficient (Wildman–Crippen LogP) is 6.48. The summed E-state index contributed by atoms with van der Waals surface area (Å²) in [6, 6.07) is 19.1. The SMILES string of the molecule is C/C(=N\NC(=O)C1CCN(S(=O)(=O)c2cc(Cl)ccc2Cl)CC1)c1cccc(NC(=O)c2ccc(C(C)(C)C)cc2)c1. The van der Waals surface area contributed by atoms with Gasteiger partial charge in [0.25, 0.3) is 5.91 Å². The first-order chi connectivity index (χ1) is 19.8. The van der Waals surface area contributed by atoms with Crippen LogP contribution >= 0.6 is 23.2 Å². The van der Waals surface area contributed by atoms with Crippen molar-refractivity contribution in [3.63, 3.8) is 0 Å². The number of carbonyl (C=O) groups excluding carboxylic acids is 2. The Bertz CT molecular complexity index is 1610. The number of hydrazone groups is 1. The van der Waals surface area contributed by atoms with Gasteiger partial charge in [-0.15, -0.1) is 0 Å². The summed E-state index contributed by atoms with van der Waals surface area (Å²) in [7, 11) is -3.84. The van der Waals surface area contributed by atoms with Gasteiger partial charge in [0.05, 0.1) is 10.7 Å². The zero-order valence-corrected chi connectivity index (χ0v) is 26.3. The Balaban J connectivity index is 1.34. The van der Waals surface area contributed by atoms with Crippen LogP contribution in [0.2, 0.25) is 10.0 Å². The van der Waals surface area contributed by atoms with E-state index in [0.717, 1.165) is 11.1 Å². The molecule has 0 aliphatic carbocycles. The largest absolute Gasteiger partial charge is 0.322 e. The zero-order chi connectivity index (χ0) is 30.7. The van der Waals surface area contributed by atoms with Crippen molar-refractivity contribution in [2.75, 3.05) is 18.4 Å². The van der Waals surface area contributed by atoms with Crippen molar-refractivity contribution in [3.8, 4) is 0 Å². The van der Waals surface area contributed by atoms with Gasteiger partial charge in [0.2, 0.25) is 15.9 Å². The number of nitrogens with zero attached hydrogens (tertiary/aromatic N) is 2. The Morgan fingerprint density at radius 2 is 1.60 bits per heavy atom. The topological polar surface area (TPSA) is 108 Å². The van der Waals surface area contributed by atoms with Crippen LogP contribution in [0.3, 0.4) is 0 Å². The van der Waals surface area contributed by atoms with Crippen molar-refractivity contribution >= 4 is 56.4 Å². The molecule has 1 heterocycles. The number of rotatable bonds is 7. The molecule has 1 saturated heterocycles. The molecule has 11 heteroatoms. The molecule has 0 saturated carbocycles. The molecule has 3 aromatic carbocycles. The highest BCUT2D eigenvalue weighted by atomic mass is 35.5. The molecule has 3 aromatic rings. The van der Waals surface area contributed by atoms with Crippen molar-refractivity contribution in [3.05, 3.63) is 93.5 Å². The van der Waals surface area contributed by atoms with Crippen LogP contribution in [-0.2, 0) is 20.2 Å². The van der Waals surface area contributed by atoms with E-state index in [-0.39, 0.29) is 45.3 Å². The fraction of sp³-hybridized carbons (Fsp3) is 0.323. The molecule has 4 rings (SSSR count). The van der Waals surface area contributed by atoms with Crippen molar-refractivity contribution in [1.29, 1.82) is 0 Å². The highest BCUT2D eigenvalue weighted by Gasteiger charge is 2.33. The Hall–Kier alpha value is -3.24. The normalized spacial score (nSPS) is 15.3. The summed E-state index contributed by atoms with van der Waals surface area (Å²) >= 11 is 12.1. The van der Waals surface area contributed by atoms with Crippen molar-refractivity contribution in [1.82, 2.24) is 9.73 Å². The third-order valence-electron chi connectivity index (χ3n) is 7.22. The van der Waals surface area contributed by atoms with Crippen LogP contribution in [-0.4, -0.2) is 43.3 Å². The van der Waals surface area contributed by atoms with E-state index in [1.165, 1.54) is 22.5 Å². The van der Waals surface area contributed by atoms with Gasteiger partial charge in [-0.1, -0.05) is 68.2 Å². The third kappa shape index (κ3) is 7.58. The van der Waals surface area contributed by atoms with E-state index in [1.807, 2.05) is 30.3 Å². The van der Waals surface area contributed by atoms with E-state index in [4.69, 9.17) is 23.2 Å². The number of benzene rings is 3. The minimum Gasteiger partial charge on any atom is -0.322 e. The van der Waals surface area contributed by atoms with Crippen LogP contribution in [0.1, 0.15) is 62.0 Å². The average Bonchev–Trinajstić information content (AvgIpc) is 2.96. The lowest BCUT2D eigenvalue weighted by molar-refractivity contribution is -0.126. The van der Waals surface area contributed by atoms with E-state index >= 15 is 0 Å². The standard InChI is InChI=1S/C31H34Cl2N4O4S/c1-20(23-6-5-7-26(18-23)34-29(38)21-8-10-24(11-9-21)31(2,3)4)35-36-30(39)22-14-16-37(17-15-22)42(40,41)28-19-25(32)12-13-27(28)33/h5-13,18-19,22H,14-17H2,1-4H3,(H,34,38)(H,36,39)/b35-20+. The third-order valence-corrected chi connectivity index (χ3v) is 9.84. The first-order valence-corrected chi connectivity index (χ1v) is 15.8. The molecule has 0 radical (unpaired) electrons. The molecule has 8 nitrogen and oxygen atoms in total. The maximum Gasteiger partial charge on any atom is 0.255 e. The van der Waals surface area contributed by atoms with Gasteiger partial charge in [0, 0.05) is 35.3 Å². The maximum absolute atomic E-state index is 13.1. The monoisotopic (exact) mass is 628 g/mol. The summed E-state index contributed by atoms with van der Waals surface area (Å²) in [5.74, 6) is -0.894. The molecule has 1 aliphatic rings. The number of halogens is 2. The molecule has 1 fully saturated rings. The van der Waals surface area contributed by atoms with Gasteiger partial charge < -0.3 is 5.32 Å². The first kappa shape index (κ1) is 31.7. The smallest absolute Gasteiger partial charge is 0.255 e. The summed E-state index contributed by atoms with van der Waals surface area (Å²) in [6.45, 7) is 8.47. The van der Waals surface area contributed by atoms with Crippen LogP contribution in [0.5, 0.6) is 0 Å². The molecule has 2 amide bonds. The highest BCUT2D eigenvalue weighted by Crippen LogP contribution is 2.30. The van der Waals surface area contributed by atoms with Crippen molar-refractivity contribution in [2.24, 2.45) is 11.0 Å². The molecule has 0 spiro atoms. The van der Waals surface area contributed by atoms with Gasteiger partial charge in [0.15, 0.2) is 0 Å². The second-order valence-corrected chi connectivity index (χ2v) is 14.0. The second-order valence-electron chi connectivity index (χ2n) is 11.3. The van der Waals surface area contributed by atoms with Crippen molar-refractivity contribution in [2.45, 2.75) is 50.8 Å². The van der Waals surface area contributed by atoms with Gasteiger partial charge in [-0.25, -0.2) is 13.8 Å². The second kappa shape index (κ2) is 13.0. The molecule has 0 aromatic heterocycles. The molecule has 1 aliphatic heterocycles. The average molecular weight is 630 g/mol. The number of hydrogen-bond donors (Lipinski definition) is 2. The van der Waals surface area contributed by atoms with Crippen molar-refractivity contribution < 1.29 is 18.0 Å². The quantitative estimate of drug-likeness (QED) is 0.230. The molecule has 0 unspecified atom stereocenters. The number of nitrogens with one attached hydrogen (secondary N) is 2. The molecule has 0 bridgehead atoms. The van der Waals surface area contributed by atoms with Crippen LogP contribution < -0.4 is 10.7 Å². The molecule has 42 heavy (non-hydrogen) atoms. The van der Waals surface area contributed by atoms with Crippen LogP contribution in [0.15, 0.2) is 76.7 Å². The molecular weight excluding hydrogens is 595 g/mol. The first-order valence-electron chi connectivity index (χ1n) is 13.6. The summed E-state index contributed by atoms with van der Waals surface area (Å²) in [5.41, 5.74) is 6.21. The maximum atomic E-state index is 13.1. The lowest BCUT2D eigenvalue weighted by Gasteiger charge is -2.30. The molecular formula is C31H34Cl2N4O4S. The van der Waals surface area contributed by atoms with Gasteiger partial charge in [0.1, 0.15) is 4.90 Å². The Morgan fingerprint density at radius 3 is 2.24 bits per heavy atom. The summed E-state index contributed by atoms with van der Waals surface area (Å²) < 4.78 is 27.5. The predicted molar refractivity (Wildman–Crippen MR) is 168 cm³/mol. The number of amides is 2. The molecule has 2 N–H and O–H groups in total. The summed E-state index contributed by atoms with van der Waals surface area (Å²) in [6.07, 6.45) is 0.687. The Labute approximate surface area is 257 Å². The minimum atomic E-state index is -3.84. The van der Waals surface area contributed by atoms with Crippen LogP contribution in [0.25, 0.3) is 0 Å². The number of anilines is 1. The van der Waals surface area contributed by atoms with E-state index in [1.54, 1.807) is 25.1 Å². The van der Waals surface area contributed by atoms with Gasteiger partial charge in [-0.05, 0) is 78.8 Å². The molecule has 222 valence electrons. The zero-order valence-electron chi connectivity index (χ0n) is 23.9. The fourth-order valence-electron chi connectivity index (χ4n) is 4.61. The lowest BCUT2D eigenvalue weighted by atomic mass is 9.87. The van der Waals surface area contributed by atoms with E-state index in [0.29, 0.717) is 29.8 Å². The number of hydrogen-bond acceptors (Lipinski definition) is 5. The van der Waals surface area contributed by atoms with Crippen LogP contribution in [0, 0.1) is 5.92 Å². The number of carbonyl (C=O) groups is 2. The minimum absolute atomic E-state index is 0.0000120. The Kier molecular flexibility index (Phi) is 9.77. The van der Waals surface area contributed by atoms with Gasteiger partial charge in [-0.3, -0.25) is 9.59 Å². The lowest BCUT2D eigenvalue weighted by Crippen LogP contribution is -2.42. The summed E-state index contributed by atoms with van der Waals surface area (Å²) in [4.78, 5) is 25.6. The fourth-order valence-corrected chi connectivity index (χ4v) is 6.82. The van der Waals surface area contributed by atoms with E-state index in [9.17, 15) is 18.0 Å². The van der Waals surface area contributed by atoms with E-state index in [2.05, 4.69) is 36.6 Å². The number of sulfonamides is 1. The summed E-state index contributed by atoms with van der Waals surface area (Å²) in [5, 5.41) is 7.55. The van der Waals surface area contributed by atoms with Gasteiger partial charge >= 0.3 is 0 Å². The Morgan fingerprint density at radius 1 is 0.929 bits per heavy atom. The van der Waals surface area contributed by atoms with E-state index < -0.39 is 15.9 Å². The highest BCUT2D eigenvalue weighted by molar-refractivity contribution is 7.89. The number of piperidine rings is 1. The molecule has 0 atom stereocenters. The van der Waals surface area contributed by atoms with Gasteiger partial charge in [-0.2, -0.15) is 9.41 Å².